The van der Waals surface area contributed by atoms with Gasteiger partial charge in [-0.1, -0.05) is 44.0 Å². The third kappa shape index (κ3) is 2.74. The summed E-state index contributed by atoms with van der Waals surface area (Å²) in [5.41, 5.74) is 2.24. The van der Waals surface area contributed by atoms with E-state index in [0.717, 1.165) is 11.3 Å². The summed E-state index contributed by atoms with van der Waals surface area (Å²) in [6, 6.07) is 7.73. The van der Waals surface area contributed by atoms with Gasteiger partial charge in [-0.25, -0.2) is 8.78 Å². The summed E-state index contributed by atoms with van der Waals surface area (Å²) in [4.78, 5) is 10.7. The first-order valence-corrected chi connectivity index (χ1v) is 7.88. The monoisotopic (exact) mass is 415 g/mol. The average Bonchev–Trinajstić information content (AvgIpc) is 2.76. The number of nitrogens with one attached hydrogen (secondary N) is 1. The molecule has 108 valence electrons. The van der Waals surface area contributed by atoms with Gasteiger partial charge in [-0.2, -0.15) is 0 Å². The highest BCUT2D eigenvalue weighted by molar-refractivity contribution is 9.10. The number of amides is 1. The van der Waals surface area contributed by atoms with Gasteiger partial charge in [0.15, 0.2) is 0 Å². The molecule has 1 heterocycles. The molecular formula is C15H9Br2F2NO. The Balaban J connectivity index is 2.02. The molecular weight excluding hydrogens is 408 g/mol. The van der Waals surface area contributed by atoms with Crippen LogP contribution in [0.25, 0.3) is 0 Å². The third-order valence-electron chi connectivity index (χ3n) is 3.34. The predicted octanol–water partition coefficient (Wildman–Crippen LogP) is 4.71. The van der Waals surface area contributed by atoms with Crippen molar-refractivity contribution in [3.05, 3.63) is 63.1 Å². The normalized spacial score (nSPS) is 14.8. The van der Waals surface area contributed by atoms with E-state index >= 15 is 0 Å². The van der Waals surface area contributed by atoms with Crippen molar-refractivity contribution in [2.24, 2.45) is 0 Å². The average molecular weight is 417 g/mol. The third-order valence-corrected chi connectivity index (χ3v) is 4.79. The van der Waals surface area contributed by atoms with Gasteiger partial charge in [-0.3, -0.25) is 4.79 Å². The van der Waals surface area contributed by atoms with Crippen LogP contribution < -0.4 is 5.32 Å². The first-order valence-electron chi connectivity index (χ1n) is 6.17. The molecule has 1 aliphatic rings. The zero-order valence-corrected chi connectivity index (χ0v) is 13.8. The highest BCUT2D eigenvalue weighted by Gasteiger charge is 2.23. The van der Waals surface area contributed by atoms with E-state index < -0.39 is 16.5 Å². The second-order valence-electron chi connectivity index (χ2n) is 4.79. The molecule has 2 aromatic rings. The Morgan fingerprint density at radius 3 is 2.48 bits per heavy atom. The van der Waals surface area contributed by atoms with Gasteiger partial charge in [0.1, 0.15) is 11.6 Å². The summed E-state index contributed by atoms with van der Waals surface area (Å²) in [7, 11) is 0. The molecule has 21 heavy (non-hydrogen) atoms. The van der Waals surface area contributed by atoms with Gasteiger partial charge in [0, 0.05) is 15.7 Å². The highest BCUT2D eigenvalue weighted by Crippen LogP contribution is 2.37. The Kier molecular flexibility index (Phi) is 3.84. The summed E-state index contributed by atoms with van der Waals surface area (Å²) in [6.07, 6.45) is 0.286. The summed E-state index contributed by atoms with van der Waals surface area (Å²) in [6.45, 7) is 0. The van der Waals surface area contributed by atoms with Crippen LogP contribution in [-0.2, 0) is 11.2 Å². The Labute approximate surface area is 136 Å². The van der Waals surface area contributed by atoms with E-state index in [1.165, 1.54) is 12.1 Å². The Hall–Kier alpha value is -1.27. The van der Waals surface area contributed by atoms with Crippen LogP contribution in [0.15, 0.2) is 34.8 Å². The molecule has 0 bridgehead atoms. The quantitative estimate of drug-likeness (QED) is 0.706. The van der Waals surface area contributed by atoms with E-state index in [-0.39, 0.29) is 17.9 Å². The van der Waals surface area contributed by atoms with Crippen molar-refractivity contribution in [1.82, 2.24) is 0 Å². The van der Waals surface area contributed by atoms with Crippen LogP contribution in [0.2, 0.25) is 0 Å². The minimum absolute atomic E-state index is 0.0459. The van der Waals surface area contributed by atoms with Gasteiger partial charge in [0.2, 0.25) is 5.91 Å². The molecule has 0 spiro atoms. The molecule has 1 N–H and O–H groups in total. The van der Waals surface area contributed by atoms with Crippen LogP contribution in [0, 0.1) is 11.6 Å². The Morgan fingerprint density at radius 1 is 1.14 bits per heavy atom. The summed E-state index contributed by atoms with van der Waals surface area (Å²) in [5.74, 6) is -1.33. The highest BCUT2D eigenvalue weighted by atomic mass is 79.9. The van der Waals surface area contributed by atoms with Gasteiger partial charge in [-0.05, 0) is 29.3 Å². The van der Waals surface area contributed by atoms with E-state index in [2.05, 4.69) is 37.2 Å². The molecule has 3 rings (SSSR count). The second kappa shape index (κ2) is 5.50. The van der Waals surface area contributed by atoms with Crippen LogP contribution in [0.3, 0.4) is 0 Å². The Morgan fingerprint density at radius 2 is 1.81 bits per heavy atom. The van der Waals surface area contributed by atoms with Crippen LogP contribution in [0.4, 0.5) is 14.5 Å². The molecule has 0 radical (unpaired) electrons. The Bertz CT molecular complexity index is 725. The number of hydrogen-bond donors (Lipinski definition) is 1. The second-order valence-corrected chi connectivity index (χ2v) is 6.62. The van der Waals surface area contributed by atoms with Crippen molar-refractivity contribution in [3.63, 3.8) is 0 Å². The summed E-state index contributed by atoms with van der Waals surface area (Å²) >= 11 is 6.40. The lowest BCUT2D eigenvalue weighted by Gasteiger charge is -2.14. The van der Waals surface area contributed by atoms with Crippen molar-refractivity contribution in [1.29, 1.82) is 0 Å². The van der Waals surface area contributed by atoms with E-state index in [4.69, 9.17) is 0 Å². The molecule has 2 nitrogen and oxygen atoms in total. The fourth-order valence-corrected chi connectivity index (χ4v) is 3.49. The molecule has 1 aliphatic heterocycles. The van der Waals surface area contributed by atoms with Gasteiger partial charge in [0.05, 0.1) is 11.2 Å². The van der Waals surface area contributed by atoms with Crippen molar-refractivity contribution in [2.45, 2.75) is 11.2 Å². The molecule has 1 amide bonds. The predicted molar refractivity (Wildman–Crippen MR) is 83.6 cm³/mol. The fraction of sp³-hybridized carbons (Fsp3) is 0.133. The number of fused-ring (bicyclic) bond motifs is 1. The number of rotatable bonds is 2. The number of hydrogen-bond acceptors (Lipinski definition) is 1. The number of alkyl halides is 1. The number of halogens is 4. The SMILES string of the molecule is O=C1Cc2cc(C(Br)c3c(F)cc(Br)cc3F)ccc2N1. The van der Waals surface area contributed by atoms with E-state index in [9.17, 15) is 13.6 Å². The van der Waals surface area contributed by atoms with Crippen LogP contribution in [0.5, 0.6) is 0 Å². The lowest BCUT2D eigenvalue weighted by Crippen LogP contribution is -2.03. The molecule has 0 aliphatic carbocycles. The summed E-state index contributed by atoms with van der Waals surface area (Å²) < 4.78 is 28.4. The molecule has 2 aromatic carbocycles. The van der Waals surface area contributed by atoms with Gasteiger partial charge in [-0.15, -0.1) is 0 Å². The lowest BCUT2D eigenvalue weighted by molar-refractivity contribution is -0.115. The minimum Gasteiger partial charge on any atom is -0.326 e. The molecule has 0 saturated heterocycles. The maximum Gasteiger partial charge on any atom is 0.228 e. The van der Waals surface area contributed by atoms with Crippen molar-refractivity contribution in [2.75, 3.05) is 5.32 Å². The van der Waals surface area contributed by atoms with E-state index in [1.54, 1.807) is 18.2 Å². The maximum absolute atomic E-state index is 14.0. The first-order chi connectivity index (χ1) is 9.95. The lowest BCUT2D eigenvalue weighted by atomic mass is 10.0. The van der Waals surface area contributed by atoms with Gasteiger partial charge in [0.25, 0.3) is 0 Å². The van der Waals surface area contributed by atoms with Gasteiger partial charge < -0.3 is 5.32 Å². The largest absolute Gasteiger partial charge is 0.326 e. The fourth-order valence-electron chi connectivity index (χ4n) is 2.37. The zero-order chi connectivity index (χ0) is 15.1. The molecule has 6 heteroatoms. The van der Waals surface area contributed by atoms with Crippen LogP contribution in [-0.4, -0.2) is 5.91 Å². The van der Waals surface area contributed by atoms with Crippen molar-refractivity contribution < 1.29 is 13.6 Å². The van der Waals surface area contributed by atoms with Gasteiger partial charge >= 0.3 is 0 Å². The van der Waals surface area contributed by atoms with E-state index in [0.29, 0.717) is 10.0 Å². The molecule has 1 atom stereocenters. The number of benzene rings is 2. The van der Waals surface area contributed by atoms with Crippen LogP contribution in [0.1, 0.15) is 21.5 Å². The molecule has 0 fully saturated rings. The van der Waals surface area contributed by atoms with Crippen molar-refractivity contribution >= 4 is 43.5 Å². The minimum atomic E-state index is -0.626. The smallest absolute Gasteiger partial charge is 0.228 e. The van der Waals surface area contributed by atoms with Crippen LogP contribution >= 0.6 is 31.9 Å². The first kappa shape index (κ1) is 14.7. The zero-order valence-electron chi connectivity index (χ0n) is 10.6. The molecule has 0 saturated carbocycles. The van der Waals surface area contributed by atoms with Crippen molar-refractivity contribution in [3.8, 4) is 0 Å². The standard InChI is InChI=1S/C15H9Br2F2NO/c16-9-5-10(18)14(11(19)6-9)15(17)7-1-2-12-8(3-7)4-13(21)20-12/h1-3,5-6,15H,4H2,(H,20,21). The molecule has 0 aromatic heterocycles. The van der Waals surface area contributed by atoms with E-state index in [1.807, 2.05) is 0 Å². The summed E-state index contributed by atoms with van der Waals surface area (Å²) in [5, 5.41) is 2.72. The number of anilines is 1. The number of carbonyl (C=O) groups is 1. The molecule has 1 unspecified atom stereocenters. The number of carbonyl (C=O) groups excluding carboxylic acids is 1. The topological polar surface area (TPSA) is 29.1 Å². The maximum atomic E-state index is 14.0.